The molecule has 2 unspecified atom stereocenters. The fourth-order valence-corrected chi connectivity index (χ4v) is 2.90. The highest BCUT2D eigenvalue weighted by Crippen LogP contribution is 2.15. The van der Waals surface area contributed by atoms with Gasteiger partial charge in [-0.1, -0.05) is 24.3 Å². The Bertz CT molecular complexity index is 763. The topological polar surface area (TPSA) is 70.0 Å². The fourth-order valence-electron chi connectivity index (χ4n) is 2.25. The smallest absolute Gasteiger partial charge is 0.251 e. The maximum atomic E-state index is 12.4. The molecule has 0 fully saturated rings. The molecule has 118 valence electrons. The maximum Gasteiger partial charge on any atom is 0.251 e. The maximum absolute atomic E-state index is 12.4. The Morgan fingerprint density at radius 1 is 1.26 bits per heavy atom. The van der Waals surface area contributed by atoms with Crippen molar-refractivity contribution in [3.8, 4) is 6.07 Å². The van der Waals surface area contributed by atoms with Gasteiger partial charge in [0.2, 0.25) is 0 Å². The summed E-state index contributed by atoms with van der Waals surface area (Å²) in [6.07, 6.45) is 1.64. The molecule has 5 heteroatoms. The fraction of sp³-hybridized carbons (Fsp3) is 0.222. The number of rotatable bonds is 5. The van der Waals surface area contributed by atoms with E-state index < -0.39 is 10.8 Å². The molecule has 0 aliphatic carbocycles. The van der Waals surface area contributed by atoms with Crippen molar-refractivity contribution < 1.29 is 9.00 Å². The first kappa shape index (κ1) is 16.9. The molecule has 2 aromatic carbocycles. The summed E-state index contributed by atoms with van der Waals surface area (Å²) in [5, 5.41) is 11.7. The zero-order valence-electron chi connectivity index (χ0n) is 13.1. The van der Waals surface area contributed by atoms with Gasteiger partial charge >= 0.3 is 0 Å². The molecule has 0 saturated carbocycles. The van der Waals surface area contributed by atoms with Gasteiger partial charge in [-0.15, -0.1) is 0 Å². The summed E-state index contributed by atoms with van der Waals surface area (Å²) >= 11 is 0. The van der Waals surface area contributed by atoms with Gasteiger partial charge in [0.05, 0.1) is 17.7 Å². The van der Waals surface area contributed by atoms with Crippen LogP contribution in [0.1, 0.15) is 40.0 Å². The molecule has 0 aromatic heterocycles. The van der Waals surface area contributed by atoms with Crippen LogP contribution >= 0.6 is 0 Å². The third-order valence-electron chi connectivity index (χ3n) is 3.45. The van der Waals surface area contributed by atoms with Crippen molar-refractivity contribution in [2.24, 2.45) is 0 Å². The minimum absolute atomic E-state index is 0.167. The van der Waals surface area contributed by atoms with Gasteiger partial charge < -0.3 is 5.32 Å². The van der Waals surface area contributed by atoms with Crippen molar-refractivity contribution >= 4 is 16.7 Å². The third-order valence-corrected chi connectivity index (χ3v) is 4.19. The van der Waals surface area contributed by atoms with E-state index in [1.165, 1.54) is 0 Å². The Kier molecular flexibility index (Phi) is 5.67. The summed E-state index contributed by atoms with van der Waals surface area (Å²) in [6.45, 7) is 1.89. The van der Waals surface area contributed by atoms with Gasteiger partial charge in [-0.2, -0.15) is 5.26 Å². The molecule has 0 aliphatic rings. The van der Waals surface area contributed by atoms with Crippen LogP contribution in [0.3, 0.4) is 0 Å². The van der Waals surface area contributed by atoms with Crippen LogP contribution in [0.4, 0.5) is 0 Å². The van der Waals surface area contributed by atoms with E-state index in [2.05, 4.69) is 11.4 Å². The first-order valence-electron chi connectivity index (χ1n) is 7.19. The summed E-state index contributed by atoms with van der Waals surface area (Å²) in [6, 6.07) is 16.2. The second-order valence-corrected chi connectivity index (χ2v) is 6.78. The molecule has 0 spiro atoms. The Balaban J connectivity index is 2.08. The average molecular weight is 326 g/mol. The number of nitriles is 1. The van der Waals surface area contributed by atoms with Gasteiger partial charge in [-0.25, -0.2) is 0 Å². The van der Waals surface area contributed by atoms with E-state index in [0.29, 0.717) is 16.9 Å². The largest absolute Gasteiger partial charge is 0.346 e. The predicted molar refractivity (Wildman–Crippen MR) is 91.3 cm³/mol. The van der Waals surface area contributed by atoms with Gasteiger partial charge in [0.1, 0.15) is 0 Å². The third kappa shape index (κ3) is 4.76. The lowest BCUT2D eigenvalue weighted by molar-refractivity contribution is 0.0940. The molecule has 0 aliphatic heterocycles. The lowest BCUT2D eigenvalue weighted by atomic mass is 10.1. The molecule has 4 nitrogen and oxygen atoms in total. The molecular weight excluding hydrogens is 308 g/mol. The van der Waals surface area contributed by atoms with Crippen molar-refractivity contribution in [3.05, 3.63) is 70.8 Å². The Morgan fingerprint density at radius 2 is 1.96 bits per heavy atom. The van der Waals surface area contributed by atoms with Crippen LogP contribution in [0.5, 0.6) is 0 Å². The second kappa shape index (κ2) is 7.70. The molecule has 2 atom stereocenters. The van der Waals surface area contributed by atoms with Gasteiger partial charge in [-0.05, 0) is 42.3 Å². The molecule has 0 radical (unpaired) electrons. The van der Waals surface area contributed by atoms with Crippen LogP contribution in [0.25, 0.3) is 0 Å². The summed E-state index contributed by atoms with van der Waals surface area (Å²) < 4.78 is 11.3. The van der Waals surface area contributed by atoms with Crippen LogP contribution in [0, 0.1) is 11.3 Å². The molecule has 0 heterocycles. The number of hydrogen-bond acceptors (Lipinski definition) is 3. The van der Waals surface area contributed by atoms with Crippen LogP contribution in [-0.4, -0.2) is 16.4 Å². The monoisotopic (exact) mass is 326 g/mol. The average Bonchev–Trinajstić information content (AvgIpc) is 2.54. The normalized spacial score (nSPS) is 12.9. The molecular formula is C18H18N2O2S. The molecule has 0 saturated heterocycles. The lowest BCUT2D eigenvalue weighted by Gasteiger charge is -2.15. The molecule has 0 bridgehead atoms. The zero-order chi connectivity index (χ0) is 16.8. The minimum atomic E-state index is -0.940. The van der Waals surface area contributed by atoms with E-state index in [9.17, 15) is 9.00 Å². The summed E-state index contributed by atoms with van der Waals surface area (Å²) in [5.41, 5.74) is 2.95. The van der Waals surface area contributed by atoms with E-state index in [-0.39, 0.29) is 11.9 Å². The highest BCUT2D eigenvalue weighted by molar-refractivity contribution is 7.83. The number of carbonyl (C=O) groups is 1. The summed E-state index contributed by atoms with van der Waals surface area (Å²) in [7, 11) is -0.940. The van der Waals surface area contributed by atoms with E-state index in [1.807, 2.05) is 25.1 Å². The quantitative estimate of drug-likeness (QED) is 0.918. The highest BCUT2D eigenvalue weighted by atomic mass is 32.2. The van der Waals surface area contributed by atoms with Gasteiger partial charge in [0.25, 0.3) is 5.91 Å². The molecule has 23 heavy (non-hydrogen) atoms. The van der Waals surface area contributed by atoms with E-state index in [1.54, 1.807) is 36.6 Å². The Morgan fingerprint density at radius 3 is 2.57 bits per heavy atom. The number of amides is 1. The summed E-state index contributed by atoms with van der Waals surface area (Å²) in [5.74, 6) is 0.261. The first-order chi connectivity index (χ1) is 11.0. The van der Waals surface area contributed by atoms with E-state index in [0.717, 1.165) is 11.1 Å². The molecule has 2 aromatic rings. The molecule has 1 amide bonds. The number of nitrogens with zero attached hydrogens (tertiary/aromatic N) is 1. The van der Waals surface area contributed by atoms with Crippen molar-refractivity contribution in [3.63, 3.8) is 0 Å². The van der Waals surface area contributed by atoms with Crippen molar-refractivity contribution in [1.82, 2.24) is 5.32 Å². The first-order valence-corrected chi connectivity index (χ1v) is 8.92. The Labute approximate surface area is 138 Å². The number of hydrogen-bond donors (Lipinski definition) is 1. The summed E-state index contributed by atoms with van der Waals surface area (Å²) in [4.78, 5) is 12.4. The van der Waals surface area contributed by atoms with Crippen molar-refractivity contribution in [1.29, 1.82) is 5.26 Å². The predicted octanol–water partition coefficient (Wildman–Crippen LogP) is 2.93. The van der Waals surface area contributed by atoms with Crippen LogP contribution in [0.15, 0.2) is 48.5 Å². The second-order valence-electron chi connectivity index (χ2n) is 5.35. The Hall–Kier alpha value is -2.45. The molecule has 2 rings (SSSR count). The van der Waals surface area contributed by atoms with Crippen LogP contribution in [0.2, 0.25) is 0 Å². The lowest BCUT2D eigenvalue weighted by Crippen LogP contribution is -2.26. The van der Waals surface area contributed by atoms with Crippen LogP contribution < -0.4 is 5.32 Å². The SMILES string of the molecule is CC(NC(=O)c1cccc(CS(C)=O)c1)c1ccc(C#N)cc1. The van der Waals surface area contributed by atoms with Gasteiger partial charge in [0.15, 0.2) is 0 Å². The van der Waals surface area contributed by atoms with Gasteiger partial charge in [0, 0.05) is 28.4 Å². The van der Waals surface area contributed by atoms with Gasteiger partial charge in [-0.3, -0.25) is 9.00 Å². The highest BCUT2D eigenvalue weighted by Gasteiger charge is 2.12. The number of nitrogens with one attached hydrogen (secondary N) is 1. The van der Waals surface area contributed by atoms with Crippen LogP contribution in [-0.2, 0) is 16.6 Å². The van der Waals surface area contributed by atoms with E-state index >= 15 is 0 Å². The number of benzene rings is 2. The van der Waals surface area contributed by atoms with E-state index in [4.69, 9.17) is 5.26 Å². The standard InChI is InChI=1S/C18H18N2O2S/c1-13(16-8-6-14(11-19)7-9-16)20-18(21)17-5-3-4-15(10-17)12-23(2)22/h3-10,13H,12H2,1-2H3,(H,20,21). The minimum Gasteiger partial charge on any atom is -0.346 e. The van der Waals surface area contributed by atoms with Crippen molar-refractivity contribution in [2.45, 2.75) is 18.7 Å². The van der Waals surface area contributed by atoms with Crippen molar-refractivity contribution in [2.75, 3.05) is 6.26 Å². The number of carbonyl (C=O) groups excluding carboxylic acids is 1. The zero-order valence-corrected chi connectivity index (χ0v) is 13.9. The molecule has 1 N–H and O–H groups in total.